The lowest BCUT2D eigenvalue weighted by Crippen LogP contribution is -2.58. The summed E-state index contributed by atoms with van der Waals surface area (Å²) < 4.78 is 19.1. The maximum absolute atomic E-state index is 13.6. The summed E-state index contributed by atoms with van der Waals surface area (Å²) in [4.78, 5) is 25.8. The first-order valence-corrected chi connectivity index (χ1v) is 7.33. The molecule has 2 amide bonds. The van der Waals surface area contributed by atoms with Crippen LogP contribution in [0.15, 0.2) is 24.3 Å². The molecular weight excluding hydrogens is 287 g/mol. The van der Waals surface area contributed by atoms with Gasteiger partial charge in [-0.1, -0.05) is 18.2 Å². The van der Waals surface area contributed by atoms with Crippen molar-refractivity contribution in [1.29, 1.82) is 0 Å². The maximum Gasteiger partial charge on any atom is 0.253 e. The number of amides is 2. The Bertz CT molecular complexity index is 564. The molecule has 1 aromatic rings. The summed E-state index contributed by atoms with van der Waals surface area (Å²) in [7, 11) is 1.54. The van der Waals surface area contributed by atoms with E-state index in [1.54, 1.807) is 30.0 Å². The first kappa shape index (κ1) is 16.4. The summed E-state index contributed by atoms with van der Waals surface area (Å²) in [6.45, 7) is 2.64. The van der Waals surface area contributed by atoms with Crippen molar-refractivity contribution in [3.8, 4) is 0 Å². The van der Waals surface area contributed by atoms with Gasteiger partial charge in [-0.2, -0.15) is 0 Å². The zero-order valence-electron chi connectivity index (χ0n) is 12.9. The van der Waals surface area contributed by atoms with E-state index in [1.165, 1.54) is 13.1 Å². The first-order valence-electron chi connectivity index (χ1n) is 7.33. The van der Waals surface area contributed by atoms with Crippen molar-refractivity contribution in [2.45, 2.75) is 25.4 Å². The molecule has 0 spiro atoms. The fourth-order valence-corrected chi connectivity index (χ4v) is 2.59. The van der Waals surface area contributed by atoms with Gasteiger partial charge in [0.15, 0.2) is 5.60 Å². The Kier molecular flexibility index (Phi) is 5.13. The lowest BCUT2D eigenvalue weighted by atomic mass is 10.0. The smallest absolute Gasteiger partial charge is 0.253 e. The summed E-state index contributed by atoms with van der Waals surface area (Å²) in [6.07, 6.45) is 0.560. The zero-order chi connectivity index (χ0) is 16.2. The van der Waals surface area contributed by atoms with Crippen LogP contribution in [-0.4, -0.2) is 49.1 Å². The molecule has 1 atom stereocenters. The number of aryl methyl sites for hydroxylation is 1. The third-order valence-corrected chi connectivity index (χ3v) is 3.90. The van der Waals surface area contributed by atoms with Gasteiger partial charge in [-0.25, -0.2) is 4.39 Å². The summed E-state index contributed by atoms with van der Waals surface area (Å²) in [6, 6.07) is 6.44. The molecule has 6 heteroatoms. The fraction of sp³-hybridized carbons (Fsp3) is 0.500. The van der Waals surface area contributed by atoms with Gasteiger partial charge in [-0.05, 0) is 25.0 Å². The van der Waals surface area contributed by atoms with E-state index in [-0.39, 0.29) is 30.6 Å². The van der Waals surface area contributed by atoms with Crippen LogP contribution in [0.25, 0.3) is 0 Å². The highest BCUT2D eigenvalue weighted by atomic mass is 19.1. The molecule has 1 aromatic carbocycles. The van der Waals surface area contributed by atoms with Gasteiger partial charge in [-0.15, -0.1) is 0 Å². The van der Waals surface area contributed by atoms with Crippen molar-refractivity contribution < 1.29 is 18.7 Å². The van der Waals surface area contributed by atoms with Crippen molar-refractivity contribution in [3.63, 3.8) is 0 Å². The van der Waals surface area contributed by atoms with Gasteiger partial charge in [0.25, 0.3) is 5.91 Å². The van der Waals surface area contributed by atoms with Crippen LogP contribution in [-0.2, 0) is 20.7 Å². The standard InChI is InChI=1S/C16H21FN2O3/c1-16(15(21)18-2)11-19(9-10-22-16)14(20)8-7-12-5-3-4-6-13(12)17/h3-6H,7-11H2,1-2H3,(H,18,21). The van der Waals surface area contributed by atoms with Crippen LogP contribution in [0.1, 0.15) is 18.9 Å². The van der Waals surface area contributed by atoms with Crippen LogP contribution in [0.3, 0.4) is 0 Å². The predicted molar refractivity (Wildman–Crippen MR) is 79.7 cm³/mol. The molecule has 0 bridgehead atoms. The Morgan fingerprint density at radius 3 is 2.82 bits per heavy atom. The molecule has 1 N–H and O–H groups in total. The average molecular weight is 308 g/mol. The van der Waals surface area contributed by atoms with E-state index in [4.69, 9.17) is 4.74 Å². The third kappa shape index (κ3) is 3.62. The number of hydrogen-bond donors (Lipinski definition) is 1. The number of carbonyl (C=O) groups is 2. The van der Waals surface area contributed by atoms with Crippen molar-refractivity contribution in [2.24, 2.45) is 0 Å². The molecule has 1 aliphatic rings. The Balaban J connectivity index is 1.95. The highest BCUT2D eigenvalue weighted by molar-refractivity contribution is 5.86. The average Bonchev–Trinajstić information content (AvgIpc) is 2.53. The van der Waals surface area contributed by atoms with Crippen LogP contribution in [0.2, 0.25) is 0 Å². The number of likely N-dealkylation sites (N-methyl/N-ethyl adjacent to an activating group) is 1. The molecule has 0 aliphatic carbocycles. The van der Waals surface area contributed by atoms with Crippen LogP contribution < -0.4 is 5.32 Å². The number of nitrogens with one attached hydrogen (secondary N) is 1. The van der Waals surface area contributed by atoms with Crippen molar-refractivity contribution in [2.75, 3.05) is 26.7 Å². The van der Waals surface area contributed by atoms with Gasteiger partial charge in [-0.3, -0.25) is 9.59 Å². The van der Waals surface area contributed by atoms with E-state index >= 15 is 0 Å². The zero-order valence-corrected chi connectivity index (χ0v) is 12.9. The predicted octanol–water partition coefficient (Wildman–Crippen LogP) is 1.12. The van der Waals surface area contributed by atoms with E-state index in [0.717, 1.165) is 0 Å². The molecule has 1 unspecified atom stereocenters. The maximum atomic E-state index is 13.6. The second kappa shape index (κ2) is 6.87. The normalized spacial score (nSPS) is 21.5. The van der Waals surface area contributed by atoms with Gasteiger partial charge in [0.2, 0.25) is 5.91 Å². The number of rotatable bonds is 4. The molecular formula is C16H21FN2O3. The number of morpholine rings is 1. The van der Waals surface area contributed by atoms with E-state index in [2.05, 4.69) is 5.32 Å². The summed E-state index contributed by atoms with van der Waals surface area (Å²) >= 11 is 0. The minimum atomic E-state index is -1.03. The molecule has 1 saturated heterocycles. The van der Waals surface area contributed by atoms with E-state index in [9.17, 15) is 14.0 Å². The number of ether oxygens (including phenoxy) is 1. The minimum absolute atomic E-state index is 0.0957. The molecule has 1 aliphatic heterocycles. The number of hydrogen-bond acceptors (Lipinski definition) is 3. The number of nitrogens with zero attached hydrogens (tertiary/aromatic N) is 1. The fourth-order valence-electron chi connectivity index (χ4n) is 2.59. The molecule has 120 valence electrons. The van der Waals surface area contributed by atoms with Crippen molar-refractivity contribution >= 4 is 11.8 Å². The first-order chi connectivity index (χ1) is 10.5. The van der Waals surface area contributed by atoms with Crippen LogP contribution >= 0.6 is 0 Å². The van der Waals surface area contributed by atoms with Gasteiger partial charge < -0.3 is 15.0 Å². The molecule has 0 saturated carbocycles. The summed E-state index contributed by atoms with van der Waals surface area (Å²) in [5.74, 6) is -0.645. The third-order valence-electron chi connectivity index (χ3n) is 3.90. The Morgan fingerprint density at radius 2 is 2.14 bits per heavy atom. The van der Waals surface area contributed by atoms with Gasteiger partial charge in [0.1, 0.15) is 5.82 Å². The molecule has 22 heavy (non-hydrogen) atoms. The Morgan fingerprint density at radius 1 is 1.41 bits per heavy atom. The van der Waals surface area contributed by atoms with Gasteiger partial charge >= 0.3 is 0 Å². The number of halogens is 1. The highest BCUT2D eigenvalue weighted by Crippen LogP contribution is 2.19. The lowest BCUT2D eigenvalue weighted by Gasteiger charge is -2.39. The van der Waals surface area contributed by atoms with Crippen LogP contribution in [0, 0.1) is 5.82 Å². The molecule has 5 nitrogen and oxygen atoms in total. The van der Waals surface area contributed by atoms with Gasteiger partial charge in [0, 0.05) is 20.0 Å². The molecule has 1 heterocycles. The van der Waals surface area contributed by atoms with Crippen LogP contribution in [0.5, 0.6) is 0 Å². The lowest BCUT2D eigenvalue weighted by molar-refractivity contribution is -0.162. The summed E-state index contributed by atoms with van der Waals surface area (Å²) in [5, 5.41) is 2.55. The topological polar surface area (TPSA) is 58.6 Å². The number of carbonyl (C=O) groups excluding carboxylic acids is 2. The number of benzene rings is 1. The highest BCUT2D eigenvalue weighted by Gasteiger charge is 2.39. The van der Waals surface area contributed by atoms with E-state index < -0.39 is 5.60 Å². The van der Waals surface area contributed by atoms with E-state index in [0.29, 0.717) is 25.1 Å². The largest absolute Gasteiger partial charge is 0.362 e. The second-order valence-corrected chi connectivity index (χ2v) is 5.57. The minimum Gasteiger partial charge on any atom is -0.362 e. The van der Waals surface area contributed by atoms with E-state index in [1.807, 2.05) is 0 Å². The Hall–Kier alpha value is -1.95. The van der Waals surface area contributed by atoms with Crippen LogP contribution in [0.4, 0.5) is 4.39 Å². The summed E-state index contributed by atoms with van der Waals surface area (Å²) in [5.41, 5.74) is -0.501. The molecule has 0 aromatic heterocycles. The monoisotopic (exact) mass is 308 g/mol. The molecule has 1 fully saturated rings. The Labute approximate surface area is 129 Å². The van der Waals surface area contributed by atoms with Crippen molar-refractivity contribution in [1.82, 2.24) is 10.2 Å². The van der Waals surface area contributed by atoms with Crippen molar-refractivity contribution in [3.05, 3.63) is 35.6 Å². The quantitative estimate of drug-likeness (QED) is 0.907. The van der Waals surface area contributed by atoms with Gasteiger partial charge in [0.05, 0.1) is 13.2 Å². The second-order valence-electron chi connectivity index (χ2n) is 5.57. The SMILES string of the molecule is CNC(=O)C1(C)CN(C(=O)CCc2ccccc2F)CCO1. The molecule has 0 radical (unpaired) electrons. The molecule has 2 rings (SSSR count).